The molecule has 0 unspecified atom stereocenters. The van der Waals surface area contributed by atoms with Gasteiger partial charge in [-0.3, -0.25) is 0 Å². The van der Waals surface area contributed by atoms with Crippen molar-refractivity contribution in [3.63, 3.8) is 0 Å². The van der Waals surface area contributed by atoms with E-state index in [9.17, 15) is 0 Å². The van der Waals surface area contributed by atoms with Crippen molar-refractivity contribution < 1.29 is 0 Å². The minimum absolute atomic E-state index is 0.111. The lowest BCUT2D eigenvalue weighted by Crippen LogP contribution is -2.27. The van der Waals surface area contributed by atoms with Gasteiger partial charge in [-0.05, 0) is 144 Å². The standard InChI is InChI=1S/C44H38/c1-8-26-14-10-9-11-17-33-35(26)31-22-28-20-25(3)42-40-32(38-30-16-13-12-15-27(30)18-19-34(38)44(42,6)7)23-29-21-24(2)41(43(33,4)5)39(31)36(29)37(28)40/h8,10-23H,9H2,1-7H3/b14-10-,17-11-,26-8+. The summed E-state index contributed by atoms with van der Waals surface area (Å²) in [4.78, 5) is 0. The van der Waals surface area contributed by atoms with Gasteiger partial charge in [0.25, 0.3) is 0 Å². The Morgan fingerprint density at radius 1 is 0.636 bits per heavy atom. The highest BCUT2D eigenvalue weighted by Crippen LogP contribution is 2.58. The van der Waals surface area contributed by atoms with Crippen LogP contribution in [0.3, 0.4) is 0 Å². The van der Waals surface area contributed by atoms with Crippen molar-refractivity contribution in [2.45, 2.75) is 65.7 Å². The van der Waals surface area contributed by atoms with Crippen molar-refractivity contribution in [3.05, 3.63) is 136 Å². The molecule has 44 heavy (non-hydrogen) atoms. The van der Waals surface area contributed by atoms with Crippen molar-refractivity contribution in [2.24, 2.45) is 0 Å². The number of aryl methyl sites for hydroxylation is 2. The first-order valence-corrected chi connectivity index (χ1v) is 16.2. The number of fused-ring (bicyclic) bond motifs is 5. The van der Waals surface area contributed by atoms with E-state index >= 15 is 0 Å². The molecule has 6 aromatic carbocycles. The van der Waals surface area contributed by atoms with Crippen LogP contribution in [-0.4, -0.2) is 0 Å². The average molecular weight is 567 g/mol. The smallest absolute Gasteiger partial charge is 0.0161 e. The molecule has 9 rings (SSSR count). The van der Waals surface area contributed by atoms with E-state index in [0.717, 1.165) is 6.42 Å². The Balaban J connectivity index is 1.56. The predicted molar refractivity (Wildman–Crippen MR) is 191 cm³/mol. The summed E-state index contributed by atoms with van der Waals surface area (Å²) in [5.74, 6) is 0. The normalized spacial score (nSPS) is 20.3. The monoisotopic (exact) mass is 566 g/mol. The Morgan fingerprint density at radius 2 is 1.27 bits per heavy atom. The van der Waals surface area contributed by atoms with Gasteiger partial charge in [-0.1, -0.05) is 107 Å². The summed E-state index contributed by atoms with van der Waals surface area (Å²) in [6.07, 6.45) is 12.7. The first kappa shape index (κ1) is 26.0. The number of allylic oxidation sites excluding steroid dienone is 8. The van der Waals surface area contributed by atoms with E-state index in [2.05, 4.69) is 140 Å². The molecule has 0 bridgehead atoms. The van der Waals surface area contributed by atoms with Crippen molar-refractivity contribution >= 4 is 48.7 Å². The molecule has 6 aromatic rings. The Kier molecular flexibility index (Phi) is 4.96. The van der Waals surface area contributed by atoms with Crippen LogP contribution in [0.15, 0.2) is 102 Å². The van der Waals surface area contributed by atoms with Gasteiger partial charge in [0.15, 0.2) is 0 Å². The highest BCUT2D eigenvalue weighted by molar-refractivity contribution is 6.32. The largest absolute Gasteiger partial charge is 0.0804 e. The Bertz CT molecular complexity index is 2410. The van der Waals surface area contributed by atoms with Crippen LogP contribution in [0.1, 0.15) is 74.4 Å². The fraction of sp³-hybridized carbons (Fsp3) is 0.227. The molecule has 3 aliphatic carbocycles. The van der Waals surface area contributed by atoms with Crippen molar-refractivity contribution in [2.75, 3.05) is 0 Å². The van der Waals surface area contributed by atoms with Crippen LogP contribution in [0.5, 0.6) is 0 Å². The SMILES string of the molecule is C/C=C1\C=C/C/C=C\C2=C1c1cc3cc(C)c4c5c(cc6cc(C)c(c1c6c35)C2(C)C)-c1c(ccc2ccccc12)C4(C)C. The first-order valence-electron chi connectivity index (χ1n) is 16.2. The molecule has 3 aliphatic rings. The molecule has 0 fully saturated rings. The van der Waals surface area contributed by atoms with Gasteiger partial charge in [0.2, 0.25) is 0 Å². The number of hydrogen-bond acceptors (Lipinski definition) is 0. The Hall–Kier alpha value is -4.42. The third-order valence-corrected chi connectivity index (χ3v) is 11.3. The molecule has 0 aromatic heterocycles. The zero-order valence-corrected chi connectivity index (χ0v) is 26.9. The van der Waals surface area contributed by atoms with E-state index < -0.39 is 0 Å². The van der Waals surface area contributed by atoms with Crippen LogP contribution >= 0.6 is 0 Å². The quantitative estimate of drug-likeness (QED) is 0.160. The molecule has 0 spiro atoms. The van der Waals surface area contributed by atoms with Gasteiger partial charge >= 0.3 is 0 Å². The molecule has 0 atom stereocenters. The maximum atomic E-state index is 2.55. The summed E-state index contributed by atoms with van der Waals surface area (Å²) in [5, 5.41) is 11.2. The van der Waals surface area contributed by atoms with Gasteiger partial charge in [0, 0.05) is 10.8 Å². The summed E-state index contributed by atoms with van der Waals surface area (Å²) < 4.78 is 0. The fourth-order valence-electron chi connectivity index (χ4n) is 9.65. The molecule has 0 nitrogen and oxygen atoms in total. The fourth-order valence-corrected chi connectivity index (χ4v) is 9.65. The van der Waals surface area contributed by atoms with E-state index in [1.165, 1.54) is 104 Å². The zero-order valence-electron chi connectivity index (χ0n) is 26.9. The molecule has 0 amide bonds. The van der Waals surface area contributed by atoms with Crippen LogP contribution in [0.4, 0.5) is 0 Å². The molecule has 0 heteroatoms. The van der Waals surface area contributed by atoms with Gasteiger partial charge in [0.05, 0.1) is 0 Å². The molecule has 0 saturated heterocycles. The van der Waals surface area contributed by atoms with Crippen LogP contribution in [-0.2, 0) is 10.8 Å². The summed E-state index contributed by atoms with van der Waals surface area (Å²) >= 11 is 0. The predicted octanol–water partition coefficient (Wildman–Crippen LogP) is 12.2. The molecule has 214 valence electrons. The Morgan fingerprint density at radius 3 is 2.00 bits per heavy atom. The van der Waals surface area contributed by atoms with E-state index in [-0.39, 0.29) is 10.8 Å². The highest BCUT2D eigenvalue weighted by atomic mass is 14.4. The first-order chi connectivity index (χ1) is 21.1. The molecule has 0 N–H and O–H groups in total. The van der Waals surface area contributed by atoms with Crippen molar-refractivity contribution in [1.29, 1.82) is 0 Å². The van der Waals surface area contributed by atoms with Gasteiger partial charge < -0.3 is 0 Å². The van der Waals surface area contributed by atoms with Crippen LogP contribution in [0.2, 0.25) is 0 Å². The summed E-state index contributed by atoms with van der Waals surface area (Å²) in [6.45, 7) is 16.7. The molecule has 0 heterocycles. The van der Waals surface area contributed by atoms with Gasteiger partial charge in [-0.2, -0.15) is 0 Å². The number of benzene rings is 6. The third kappa shape index (κ3) is 2.99. The van der Waals surface area contributed by atoms with E-state index in [4.69, 9.17) is 0 Å². The summed E-state index contributed by atoms with van der Waals surface area (Å²) in [6, 6.07) is 23.8. The lowest BCUT2D eigenvalue weighted by molar-refractivity contribution is 0.638. The maximum Gasteiger partial charge on any atom is 0.0161 e. The topological polar surface area (TPSA) is 0 Å². The van der Waals surface area contributed by atoms with E-state index in [1.54, 1.807) is 0 Å². The van der Waals surface area contributed by atoms with Crippen molar-refractivity contribution in [3.8, 4) is 11.1 Å². The molecule has 0 saturated carbocycles. The van der Waals surface area contributed by atoms with E-state index in [1.807, 2.05) is 0 Å². The minimum atomic E-state index is -0.120. The zero-order chi connectivity index (χ0) is 30.3. The van der Waals surface area contributed by atoms with Crippen LogP contribution in [0, 0.1) is 13.8 Å². The van der Waals surface area contributed by atoms with E-state index in [0.29, 0.717) is 0 Å². The molecular weight excluding hydrogens is 528 g/mol. The lowest BCUT2D eigenvalue weighted by Gasteiger charge is -2.41. The number of rotatable bonds is 0. The second-order valence-corrected chi connectivity index (χ2v) is 14.5. The third-order valence-electron chi connectivity index (χ3n) is 11.3. The molecule has 0 radical (unpaired) electrons. The van der Waals surface area contributed by atoms with Crippen LogP contribution < -0.4 is 0 Å². The Labute approximate surface area is 260 Å². The second-order valence-electron chi connectivity index (χ2n) is 14.5. The molecular formula is C44H38. The lowest BCUT2D eigenvalue weighted by atomic mass is 9.62. The number of hydrogen-bond donors (Lipinski definition) is 0. The average Bonchev–Trinajstić information content (AvgIpc) is 2.97. The minimum Gasteiger partial charge on any atom is -0.0804 e. The van der Waals surface area contributed by atoms with Crippen LogP contribution in [0.25, 0.3) is 59.8 Å². The summed E-state index contributed by atoms with van der Waals surface area (Å²) in [7, 11) is 0. The maximum absolute atomic E-state index is 2.55. The van der Waals surface area contributed by atoms with Crippen molar-refractivity contribution in [1.82, 2.24) is 0 Å². The van der Waals surface area contributed by atoms with Gasteiger partial charge in [-0.15, -0.1) is 0 Å². The van der Waals surface area contributed by atoms with Gasteiger partial charge in [-0.25, -0.2) is 0 Å². The second kappa shape index (κ2) is 8.39. The molecule has 0 aliphatic heterocycles. The summed E-state index contributed by atoms with van der Waals surface area (Å²) in [5.41, 5.74) is 15.3. The highest BCUT2D eigenvalue weighted by Gasteiger charge is 2.40. The van der Waals surface area contributed by atoms with Gasteiger partial charge in [0.1, 0.15) is 0 Å².